The average molecular weight is 317 g/mol. The Balaban J connectivity index is 2.08. The lowest BCUT2D eigenvalue weighted by atomic mass is 9.94. The molecule has 2 atom stereocenters. The maximum absolute atomic E-state index is 12.6. The van der Waals surface area contributed by atoms with Crippen LogP contribution in [0.3, 0.4) is 0 Å². The van der Waals surface area contributed by atoms with Gasteiger partial charge in [0.2, 0.25) is 5.91 Å². The minimum atomic E-state index is -0.466. The number of nitrogens with zero attached hydrogens (tertiary/aromatic N) is 1. The number of rotatable bonds is 7. The predicted molar refractivity (Wildman–Crippen MR) is 89.8 cm³/mol. The molecule has 0 bridgehead atoms. The number of aryl methyl sites for hydroxylation is 1. The van der Waals surface area contributed by atoms with Crippen molar-refractivity contribution in [3.05, 3.63) is 35.9 Å². The molecule has 1 aliphatic heterocycles. The number of likely N-dealkylation sites (tertiary alicyclic amines) is 1. The second kappa shape index (κ2) is 8.14. The lowest BCUT2D eigenvalue weighted by molar-refractivity contribution is -0.154. The van der Waals surface area contributed by atoms with Gasteiger partial charge < -0.3 is 9.64 Å². The van der Waals surface area contributed by atoms with Crippen molar-refractivity contribution in [2.75, 3.05) is 13.2 Å². The van der Waals surface area contributed by atoms with Crippen molar-refractivity contribution in [1.29, 1.82) is 0 Å². The second-order valence-corrected chi connectivity index (χ2v) is 6.46. The van der Waals surface area contributed by atoms with Gasteiger partial charge in [-0.05, 0) is 37.7 Å². The van der Waals surface area contributed by atoms with E-state index in [1.807, 2.05) is 30.3 Å². The summed E-state index contributed by atoms with van der Waals surface area (Å²) in [6.07, 6.45) is 2.21. The van der Waals surface area contributed by atoms with E-state index in [0.29, 0.717) is 25.5 Å². The first-order valence-corrected chi connectivity index (χ1v) is 8.55. The first-order chi connectivity index (χ1) is 11.0. The Morgan fingerprint density at radius 2 is 2.00 bits per heavy atom. The third kappa shape index (κ3) is 4.34. The number of amides is 1. The zero-order valence-electron chi connectivity index (χ0n) is 14.3. The molecule has 1 aromatic rings. The summed E-state index contributed by atoms with van der Waals surface area (Å²) in [4.78, 5) is 26.7. The van der Waals surface area contributed by atoms with E-state index in [1.54, 1.807) is 11.8 Å². The highest BCUT2D eigenvalue weighted by atomic mass is 16.5. The summed E-state index contributed by atoms with van der Waals surface area (Å²) in [5.41, 5.74) is 1.17. The van der Waals surface area contributed by atoms with Gasteiger partial charge in [0.25, 0.3) is 0 Å². The highest BCUT2D eigenvalue weighted by molar-refractivity contribution is 5.87. The van der Waals surface area contributed by atoms with Gasteiger partial charge in [-0.2, -0.15) is 0 Å². The van der Waals surface area contributed by atoms with Gasteiger partial charge in [0, 0.05) is 12.5 Å². The topological polar surface area (TPSA) is 46.6 Å². The number of carbonyl (C=O) groups is 2. The van der Waals surface area contributed by atoms with Crippen LogP contribution in [0.4, 0.5) is 0 Å². The maximum Gasteiger partial charge on any atom is 0.328 e. The van der Waals surface area contributed by atoms with Crippen LogP contribution in [0.15, 0.2) is 30.3 Å². The summed E-state index contributed by atoms with van der Waals surface area (Å²) in [5, 5.41) is 0. The van der Waals surface area contributed by atoms with Crippen LogP contribution in [0.1, 0.15) is 39.2 Å². The molecule has 4 nitrogen and oxygen atoms in total. The molecular weight excluding hydrogens is 290 g/mol. The lowest BCUT2D eigenvalue weighted by Crippen LogP contribution is -2.44. The highest BCUT2D eigenvalue weighted by Crippen LogP contribution is 2.28. The Hall–Kier alpha value is -1.84. The fourth-order valence-corrected chi connectivity index (χ4v) is 3.24. The zero-order valence-corrected chi connectivity index (χ0v) is 14.3. The van der Waals surface area contributed by atoms with Crippen LogP contribution < -0.4 is 0 Å². The first kappa shape index (κ1) is 17.5. The molecule has 4 heteroatoms. The molecule has 0 radical (unpaired) electrons. The summed E-state index contributed by atoms with van der Waals surface area (Å²) in [6.45, 7) is 6.93. The van der Waals surface area contributed by atoms with E-state index >= 15 is 0 Å². The average Bonchev–Trinajstić information content (AvgIpc) is 2.91. The molecule has 1 fully saturated rings. The SMILES string of the molecule is CCOC(=O)[C@H](CCc1ccccc1)N1CC[C@H](C(C)C)C1=O. The molecule has 126 valence electrons. The quantitative estimate of drug-likeness (QED) is 0.726. The van der Waals surface area contributed by atoms with E-state index in [0.717, 1.165) is 12.8 Å². The summed E-state index contributed by atoms with van der Waals surface area (Å²) in [7, 11) is 0. The van der Waals surface area contributed by atoms with Gasteiger partial charge in [-0.15, -0.1) is 0 Å². The van der Waals surface area contributed by atoms with Crippen LogP contribution in [-0.4, -0.2) is 36.0 Å². The van der Waals surface area contributed by atoms with Crippen molar-refractivity contribution in [1.82, 2.24) is 4.90 Å². The maximum atomic E-state index is 12.6. The molecule has 0 spiro atoms. The summed E-state index contributed by atoms with van der Waals surface area (Å²) in [6, 6.07) is 9.58. The summed E-state index contributed by atoms with van der Waals surface area (Å²) < 4.78 is 5.22. The molecule has 1 saturated heterocycles. The smallest absolute Gasteiger partial charge is 0.328 e. The minimum absolute atomic E-state index is 0.0312. The Morgan fingerprint density at radius 1 is 1.30 bits per heavy atom. The van der Waals surface area contributed by atoms with Crippen molar-refractivity contribution >= 4 is 11.9 Å². The largest absolute Gasteiger partial charge is 0.464 e. The summed E-state index contributed by atoms with van der Waals surface area (Å²) in [5.74, 6) is 0.167. The van der Waals surface area contributed by atoms with Crippen molar-refractivity contribution in [2.45, 2.75) is 46.1 Å². The van der Waals surface area contributed by atoms with Gasteiger partial charge >= 0.3 is 5.97 Å². The molecule has 0 unspecified atom stereocenters. The minimum Gasteiger partial charge on any atom is -0.464 e. The lowest BCUT2D eigenvalue weighted by Gasteiger charge is -2.27. The highest BCUT2D eigenvalue weighted by Gasteiger charge is 2.40. The molecule has 1 amide bonds. The molecule has 0 saturated carbocycles. The van der Waals surface area contributed by atoms with Crippen LogP contribution in [0.2, 0.25) is 0 Å². The van der Waals surface area contributed by atoms with E-state index in [-0.39, 0.29) is 17.8 Å². The molecular formula is C19H27NO3. The molecule has 0 aromatic heterocycles. The Bertz CT molecular complexity index is 527. The number of hydrogen-bond acceptors (Lipinski definition) is 3. The Kier molecular flexibility index (Phi) is 6.20. The van der Waals surface area contributed by atoms with Crippen molar-refractivity contribution in [3.8, 4) is 0 Å². The molecule has 2 rings (SSSR count). The molecule has 0 aliphatic carbocycles. The van der Waals surface area contributed by atoms with Crippen molar-refractivity contribution in [2.24, 2.45) is 11.8 Å². The molecule has 1 heterocycles. The van der Waals surface area contributed by atoms with Crippen LogP contribution in [0.25, 0.3) is 0 Å². The Labute approximate surface area is 138 Å². The van der Waals surface area contributed by atoms with E-state index < -0.39 is 6.04 Å². The van der Waals surface area contributed by atoms with E-state index in [1.165, 1.54) is 5.56 Å². The van der Waals surface area contributed by atoms with Crippen molar-refractivity contribution in [3.63, 3.8) is 0 Å². The van der Waals surface area contributed by atoms with Crippen LogP contribution in [0, 0.1) is 11.8 Å². The van der Waals surface area contributed by atoms with Crippen LogP contribution in [-0.2, 0) is 20.7 Å². The standard InChI is InChI=1S/C19H27NO3/c1-4-23-19(22)17(11-10-15-8-6-5-7-9-15)20-13-12-16(14(2)3)18(20)21/h5-9,14,16-17H,4,10-13H2,1-3H3/t16-,17+/m1/s1. The first-order valence-electron chi connectivity index (χ1n) is 8.55. The number of benzene rings is 1. The van der Waals surface area contributed by atoms with Gasteiger partial charge in [0.1, 0.15) is 6.04 Å². The van der Waals surface area contributed by atoms with Crippen molar-refractivity contribution < 1.29 is 14.3 Å². The third-order valence-electron chi connectivity index (χ3n) is 4.57. The van der Waals surface area contributed by atoms with E-state index in [2.05, 4.69) is 13.8 Å². The predicted octanol–water partition coefficient (Wildman–Crippen LogP) is 3.06. The van der Waals surface area contributed by atoms with E-state index in [4.69, 9.17) is 4.74 Å². The van der Waals surface area contributed by atoms with Gasteiger partial charge in [0.05, 0.1) is 6.61 Å². The molecule has 23 heavy (non-hydrogen) atoms. The summed E-state index contributed by atoms with van der Waals surface area (Å²) >= 11 is 0. The molecule has 1 aromatic carbocycles. The second-order valence-electron chi connectivity index (χ2n) is 6.46. The van der Waals surface area contributed by atoms with Gasteiger partial charge in [-0.25, -0.2) is 4.79 Å². The third-order valence-corrected chi connectivity index (χ3v) is 4.57. The number of ether oxygens (including phenoxy) is 1. The molecule has 0 N–H and O–H groups in total. The van der Waals surface area contributed by atoms with Gasteiger partial charge in [0.15, 0.2) is 0 Å². The normalized spacial score (nSPS) is 19.2. The number of hydrogen-bond donors (Lipinski definition) is 0. The molecule has 1 aliphatic rings. The van der Waals surface area contributed by atoms with Crippen LogP contribution >= 0.6 is 0 Å². The zero-order chi connectivity index (χ0) is 16.8. The monoisotopic (exact) mass is 317 g/mol. The van der Waals surface area contributed by atoms with Gasteiger partial charge in [-0.3, -0.25) is 4.79 Å². The van der Waals surface area contributed by atoms with E-state index in [9.17, 15) is 9.59 Å². The van der Waals surface area contributed by atoms with Gasteiger partial charge in [-0.1, -0.05) is 44.2 Å². The van der Waals surface area contributed by atoms with Crippen LogP contribution in [0.5, 0.6) is 0 Å². The fraction of sp³-hybridized carbons (Fsp3) is 0.579. The number of esters is 1. The fourth-order valence-electron chi connectivity index (χ4n) is 3.24. The number of carbonyl (C=O) groups excluding carboxylic acids is 2. The Morgan fingerprint density at radius 3 is 2.57 bits per heavy atom.